The van der Waals surface area contributed by atoms with E-state index in [1.165, 1.54) is 0 Å². The molecule has 104 valence electrons. The summed E-state index contributed by atoms with van der Waals surface area (Å²) in [7, 11) is 0. The van der Waals surface area contributed by atoms with Crippen LogP contribution in [0.2, 0.25) is 0 Å². The summed E-state index contributed by atoms with van der Waals surface area (Å²) in [5.41, 5.74) is 5.73. The number of nitrogens with zero attached hydrogens (tertiary/aromatic N) is 2. The van der Waals surface area contributed by atoms with Crippen molar-refractivity contribution in [3.8, 4) is 0 Å². The summed E-state index contributed by atoms with van der Waals surface area (Å²) < 4.78 is 0. The van der Waals surface area contributed by atoms with Gasteiger partial charge in [-0.3, -0.25) is 10.5 Å². The van der Waals surface area contributed by atoms with Crippen molar-refractivity contribution in [1.82, 2.24) is 10.2 Å². The Morgan fingerprint density at radius 2 is 1.68 bits per heavy atom. The molecule has 0 saturated heterocycles. The average molecular weight is 260 g/mol. The van der Waals surface area contributed by atoms with Crippen molar-refractivity contribution in [3.05, 3.63) is 48.3 Å². The fraction of sp³-hybridized carbons (Fsp3) is 0.333. The zero-order valence-corrected chi connectivity index (χ0v) is 12.4. The molecule has 0 bridgehead atoms. The van der Waals surface area contributed by atoms with Crippen molar-refractivity contribution in [2.45, 2.75) is 34.6 Å². The molecule has 0 aliphatic heterocycles. The first-order valence-electron chi connectivity index (χ1n) is 6.71. The largest absolute Gasteiger partial charge is 0.278 e. The number of benzene rings is 1. The van der Waals surface area contributed by atoms with E-state index in [0.717, 1.165) is 17.1 Å². The molecule has 4 heteroatoms. The van der Waals surface area contributed by atoms with E-state index in [2.05, 4.69) is 20.7 Å². The number of para-hydroxylation sites is 1. The molecular formula is C15H24N4. The molecule has 1 heterocycles. The third kappa shape index (κ3) is 6.41. The van der Waals surface area contributed by atoms with Crippen LogP contribution < -0.4 is 5.43 Å². The lowest BCUT2D eigenvalue weighted by Crippen LogP contribution is -1.99. The summed E-state index contributed by atoms with van der Waals surface area (Å²) in [6, 6.07) is 11.7. The van der Waals surface area contributed by atoms with E-state index in [9.17, 15) is 0 Å². The van der Waals surface area contributed by atoms with Crippen molar-refractivity contribution in [2.75, 3.05) is 5.43 Å². The smallest absolute Gasteiger partial charge is 0.0826 e. The molecule has 2 aromatic rings. The van der Waals surface area contributed by atoms with Crippen LogP contribution in [0.1, 0.15) is 40.3 Å². The lowest BCUT2D eigenvalue weighted by Gasteiger charge is -2.00. The van der Waals surface area contributed by atoms with E-state index in [0.29, 0.717) is 0 Å². The van der Waals surface area contributed by atoms with Crippen LogP contribution in [0, 0.1) is 0 Å². The minimum absolute atomic E-state index is 0.872. The van der Waals surface area contributed by atoms with Gasteiger partial charge in [-0.2, -0.15) is 10.2 Å². The van der Waals surface area contributed by atoms with E-state index in [-0.39, 0.29) is 0 Å². The molecule has 2 N–H and O–H groups in total. The first-order valence-corrected chi connectivity index (χ1v) is 6.71. The summed E-state index contributed by atoms with van der Waals surface area (Å²) in [4.78, 5) is 0. The van der Waals surface area contributed by atoms with Gasteiger partial charge in [0.15, 0.2) is 0 Å². The second-order valence-corrected chi connectivity index (χ2v) is 3.15. The van der Waals surface area contributed by atoms with E-state index in [1.54, 1.807) is 6.20 Å². The Hall–Kier alpha value is -2.10. The van der Waals surface area contributed by atoms with Gasteiger partial charge in [0.25, 0.3) is 0 Å². The molecule has 0 unspecified atom stereocenters. The predicted molar refractivity (Wildman–Crippen MR) is 83.6 cm³/mol. The Kier molecular flexibility index (Phi) is 9.80. The van der Waals surface area contributed by atoms with Gasteiger partial charge in [0, 0.05) is 6.20 Å². The second-order valence-electron chi connectivity index (χ2n) is 3.15. The van der Waals surface area contributed by atoms with Gasteiger partial charge in [0.05, 0.1) is 17.1 Å². The summed E-state index contributed by atoms with van der Waals surface area (Å²) in [5.74, 6) is 0. The van der Waals surface area contributed by atoms with Gasteiger partial charge in [0.2, 0.25) is 0 Å². The molecule has 1 aromatic carbocycles. The molecule has 19 heavy (non-hydrogen) atoms. The van der Waals surface area contributed by atoms with Crippen LogP contribution in [0.15, 0.2) is 47.7 Å². The van der Waals surface area contributed by atoms with Gasteiger partial charge in [-0.05, 0) is 25.1 Å². The molecule has 0 saturated carbocycles. The highest BCUT2D eigenvalue weighted by atomic mass is 15.3. The fourth-order valence-corrected chi connectivity index (χ4v) is 1.18. The normalized spacial score (nSPS) is 9.63. The number of rotatable bonds is 3. The van der Waals surface area contributed by atoms with Crippen LogP contribution >= 0.6 is 0 Å². The summed E-state index contributed by atoms with van der Waals surface area (Å²) in [6.45, 7) is 9.92. The topological polar surface area (TPSA) is 53.1 Å². The Balaban J connectivity index is 0.000000741. The molecule has 0 spiro atoms. The van der Waals surface area contributed by atoms with E-state index in [4.69, 9.17) is 0 Å². The number of hydrogen-bond donors (Lipinski definition) is 2. The zero-order valence-electron chi connectivity index (χ0n) is 12.4. The molecule has 0 radical (unpaired) electrons. The molecule has 1 aromatic heterocycles. The highest BCUT2D eigenvalue weighted by Gasteiger charge is 1.96. The van der Waals surface area contributed by atoms with Crippen LogP contribution in [0.4, 0.5) is 5.69 Å². The predicted octanol–water partition coefficient (Wildman–Crippen LogP) is 4.30. The fourth-order valence-electron chi connectivity index (χ4n) is 1.18. The molecule has 0 amide bonds. The third-order valence-electron chi connectivity index (χ3n) is 2.02. The molecule has 0 atom stereocenters. The maximum Gasteiger partial charge on any atom is 0.0826 e. The van der Waals surface area contributed by atoms with E-state index in [1.807, 2.05) is 71.0 Å². The number of hydrogen-bond acceptors (Lipinski definition) is 3. The number of H-pyrrole nitrogens is 1. The molecule has 4 nitrogen and oxygen atoms in total. The van der Waals surface area contributed by atoms with Crippen LogP contribution in [0.25, 0.3) is 0 Å². The number of hydrazone groups is 1. The first kappa shape index (κ1) is 16.9. The molecule has 2 rings (SSSR count). The third-order valence-corrected chi connectivity index (χ3v) is 2.02. The lowest BCUT2D eigenvalue weighted by atomic mass is 10.3. The van der Waals surface area contributed by atoms with E-state index < -0.39 is 0 Å². The number of aromatic nitrogens is 2. The summed E-state index contributed by atoms with van der Waals surface area (Å²) >= 11 is 0. The van der Waals surface area contributed by atoms with Gasteiger partial charge in [-0.25, -0.2) is 0 Å². The van der Waals surface area contributed by atoms with E-state index >= 15 is 0 Å². The Labute approximate surface area is 116 Å². The second kappa shape index (κ2) is 11.0. The Bertz CT molecular complexity index is 432. The average Bonchev–Trinajstić information content (AvgIpc) is 3.04. The van der Waals surface area contributed by atoms with Gasteiger partial charge < -0.3 is 0 Å². The lowest BCUT2D eigenvalue weighted by molar-refractivity contribution is 1.08. The summed E-state index contributed by atoms with van der Waals surface area (Å²) in [5, 5.41) is 10.9. The van der Waals surface area contributed by atoms with Gasteiger partial charge in [-0.1, -0.05) is 45.9 Å². The molecule has 0 fully saturated rings. The Morgan fingerprint density at radius 1 is 1.05 bits per heavy atom. The van der Waals surface area contributed by atoms with Crippen molar-refractivity contribution < 1.29 is 0 Å². The molecular weight excluding hydrogens is 236 g/mol. The maximum atomic E-state index is 4.23. The van der Waals surface area contributed by atoms with Crippen molar-refractivity contribution in [3.63, 3.8) is 0 Å². The van der Waals surface area contributed by atoms with Crippen LogP contribution in [0.3, 0.4) is 0 Å². The minimum atomic E-state index is 0.872. The van der Waals surface area contributed by atoms with Crippen molar-refractivity contribution in [2.24, 2.45) is 5.10 Å². The monoisotopic (exact) mass is 260 g/mol. The van der Waals surface area contributed by atoms with Crippen LogP contribution in [0.5, 0.6) is 0 Å². The van der Waals surface area contributed by atoms with Crippen LogP contribution in [-0.2, 0) is 0 Å². The Morgan fingerprint density at radius 3 is 2.21 bits per heavy atom. The number of nitrogens with one attached hydrogen (secondary N) is 2. The quantitative estimate of drug-likeness (QED) is 0.638. The minimum Gasteiger partial charge on any atom is -0.278 e. The first-order chi connectivity index (χ1) is 9.36. The molecule has 0 aliphatic carbocycles. The van der Waals surface area contributed by atoms with Gasteiger partial charge in [0.1, 0.15) is 0 Å². The van der Waals surface area contributed by atoms with Gasteiger partial charge in [-0.15, -0.1) is 0 Å². The van der Waals surface area contributed by atoms with Crippen molar-refractivity contribution >= 4 is 11.4 Å². The van der Waals surface area contributed by atoms with Crippen LogP contribution in [-0.4, -0.2) is 15.9 Å². The SMILES string of the molecule is C/C(=N/Nc1ccccc1)c1ccn[nH]1.CC.CC. The number of aromatic amines is 1. The standard InChI is InChI=1S/C11H12N4.2C2H6/c1-9(11-7-8-12-15-11)13-14-10-5-3-2-4-6-10;2*1-2/h2-8,14H,1H3,(H,12,15);2*1-2H3/b13-9-;;. The maximum absolute atomic E-state index is 4.23. The van der Waals surface area contributed by atoms with Gasteiger partial charge >= 0.3 is 0 Å². The molecule has 0 aliphatic rings. The summed E-state index contributed by atoms with van der Waals surface area (Å²) in [6.07, 6.45) is 1.71. The number of anilines is 1. The highest BCUT2D eigenvalue weighted by Crippen LogP contribution is 2.05. The zero-order chi connectivity index (χ0) is 14.5. The highest BCUT2D eigenvalue weighted by molar-refractivity contribution is 5.97. The van der Waals surface area contributed by atoms with Crippen molar-refractivity contribution in [1.29, 1.82) is 0 Å².